The third-order valence-electron chi connectivity index (χ3n) is 18.6. The molecule has 5 atom stereocenters. The first-order valence-corrected chi connectivity index (χ1v) is 44.2. The summed E-state index contributed by atoms with van der Waals surface area (Å²) in [6.45, 7) is 14.2. The van der Waals surface area contributed by atoms with Gasteiger partial charge in [-0.25, -0.2) is 9.13 Å². The van der Waals surface area contributed by atoms with Gasteiger partial charge in [-0.2, -0.15) is 0 Å². The number of unbranched alkanes of at least 4 members (excludes halogenated alkanes) is 43. The molecule has 3 unspecified atom stereocenters. The van der Waals surface area contributed by atoms with Crippen molar-refractivity contribution in [3.63, 3.8) is 0 Å². The fourth-order valence-electron chi connectivity index (χ4n) is 12.3. The Morgan fingerprint density at radius 2 is 0.424 bits per heavy atom. The fourth-order valence-corrected chi connectivity index (χ4v) is 13.8. The van der Waals surface area contributed by atoms with Crippen LogP contribution in [0.4, 0.5) is 0 Å². The number of carbonyl (C=O) groups is 4. The first kappa shape index (κ1) is 97.1. The van der Waals surface area contributed by atoms with Crippen molar-refractivity contribution in [2.75, 3.05) is 39.6 Å². The molecule has 0 aromatic rings. The number of aliphatic hydroxyl groups is 1. The van der Waals surface area contributed by atoms with Gasteiger partial charge < -0.3 is 33.8 Å². The molecule has 19 heteroatoms. The van der Waals surface area contributed by atoms with Gasteiger partial charge in [-0.3, -0.25) is 37.3 Å². The smallest absolute Gasteiger partial charge is 0.462 e. The van der Waals surface area contributed by atoms with Crippen molar-refractivity contribution in [2.45, 2.75) is 427 Å². The second-order valence-corrected chi connectivity index (χ2v) is 33.6. The molecule has 0 rings (SSSR count). The van der Waals surface area contributed by atoms with Gasteiger partial charge in [0.25, 0.3) is 0 Å². The molecule has 0 aromatic carbocycles. The molecule has 0 heterocycles. The van der Waals surface area contributed by atoms with E-state index < -0.39 is 97.5 Å². The molecule has 17 nitrogen and oxygen atoms in total. The summed E-state index contributed by atoms with van der Waals surface area (Å²) < 4.78 is 68.7. The monoisotopic (exact) mass is 1450 g/mol. The Hall–Kier alpha value is -1.94. The minimum Gasteiger partial charge on any atom is -0.462 e. The number of phosphoric ester groups is 2. The van der Waals surface area contributed by atoms with Crippen molar-refractivity contribution in [1.82, 2.24) is 0 Å². The number of aliphatic hydroxyl groups excluding tert-OH is 1. The standard InChI is InChI=1S/C80H156O17P2/c1-70(2)56-48-40-32-25-19-15-13-11-9-10-12-14-16-21-29-37-46-54-62-79(84)96-75(66-90-77(82)60-52-44-36-28-24-23-27-34-42-50-58-72(5)6)68-94-98(86,87)92-64-74(81)65-93-99(88,89)95-69-76(67-91-78(83)61-53-45-39-31-35-43-51-59-73(7)8)97-80(85)63-55-47-38-30-22-18-17-20-26-33-41-49-57-71(3)4/h70-76,81H,9-69H2,1-8H3,(H,86,87)(H,88,89)/t74?,75-,76-/m1/s1. The molecule has 99 heavy (non-hydrogen) atoms. The maximum atomic E-state index is 13.1. The molecule has 0 saturated heterocycles. The van der Waals surface area contributed by atoms with Gasteiger partial charge >= 0.3 is 39.5 Å². The van der Waals surface area contributed by atoms with Gasteiger partial charge in [-0.05, 0) is 49.4 Å². The van der Waals surface area contributed by atoms with Crippen molar-refractivity contribution < 1.29 is 80.2 Å². The quantitative estimate of drug-likeness (QED) is 0.0222. The van der Waals surface area contributed by atoms with Crippen molar-refractivity contribution in [3.8, 4) is 0 Å². The molecular weight excluding hydrogens is 1290 g/mol. The average Bonchev–Trinajstić information content (AvgIpc) is 0.991. The van der Waals surface area contributed by atoms with Gasteiger partial charge in [0.1, 0.15) is 19.3 Å². The Labute approximate surface area is 607 Å². The lowest BCUT2D eigenvalue weighted by Crippen LogP contribution is -2.30. The molecule has 0 radical (unpaired) electrons. The Bertz CT molecular complexity index is 1940. The second kappa shape index (κ2) is 69.1. The van der Waals surface area contributed by atoms with Crippen molar-refractivity contribution in [3.05, 3.63) is 0 Å². The second-order valence-electron chi connectivity index (χ2n) is 30.7. The van der Waals surface area contributed by atoms with E-state index in [1.807, 2.05) is 0 Å². The van der Waals surface area contributed by atoms with E-state index in [-0.39, 0.29) is 25.7 Å². The summed E-state index contributed by atoms with van der Waals surface area (Å²) in [7, 11) is -9.92. The normalized spacial score (nSPS) is 14.1. The first-order valence-electron chi connectivity index (χ1n) is 41.2. The van der Waals surface area contributed by atoms with Crippen LogP contribution in [0.1, 0.15) is 409 Å². The van der Waals surface area contributed by atoms with E-state index in [4.69, 9.17) is 37.0 Å². The largest absolute Gasteiger partial charge is 0.472 e. The Morgan fingerprint density at radius 3 is 0.626 bits per heavy atom. The van der Waals surface area contributed by atoms with E-state index in [2.05, 4.69) is 55.4 Å². The van der Waals surface area contributed by atoms with Gasteiger partial charge in [-0.15, -0.1) is 0 Å². The molecular formula is C80H156O17P2. The predicted octanol–water partition coefficient (Wildman–Crippen LogP) is 23.6. The zero-order chi connectivity index (χ0) is 73.1. The van der Waals surface area contributed by atoms with Crippen LogP contribution in [0.15, 0.2) is 0 Å². The zero-order valence-electron chi connectivity index (χ0n) is 65.1. The number of phosphoric acid groups is 2. The van der Waals surface area contributed by atoms with Crippen molar-refractivity contribution in [2.24, 2.45) is 23.7 Å². The summed E-state index contributed by atoms with van der Waals surface area (Å²) in [6.07, 6.45) is 55.6. The van der Waals surface area contributed by atoms with E-state index in [1.165, 1.54) is 205 Å². The molecule has 0 aliphatic carbocycles. The number of esters is 4. The maximum Gasteiger partial charge on any atom is 0.472 e. The third-order valence-corrected chi connectivity index (χ3v) is 20.5. The Balaban J connectivity index is 5.22. The Morgan fingerprint density at radius 1 is 0.253 bits per heavy atom. The molecule has 3 N–H and O–H groups in total. The highest BCUT2D eigenvalue weighted by molar-refractivity contribution is 7.47. The summed E-state index contributed by atoms with van der Waals surface area (Å²) in [5.74, 6) is 0.944. The van der Waals surface area contributed by atoms with Gasteiger partial charge in [0, 0.05) is 25.7 Å². The maximum absolute atomic E-state index is 13.1. The van der Waals surface area contributed by atoms with Crippen LogP contribution in [-0.4, -0.2) is 96.7 Å². The lowest BCUT2D eigenvalue weighted by molar-refractivity contribution is -0.161. The summed E-state index contributed by atoms with van der Waals surface area (Å²) >= 11 is 0. The SMILES string of the molecule is CC(C)CCCCCCCCCCCCCCCCCCCCC(=O)O[C@H](COC(=O)CCCCCCCCCCCCC(C)C)COP(=O)(O)OCC(O)COP(=O)(O)OC[C@@H](COC(=O)CCCCCCCCCC(C)C)OC(=O)CCCCCCCCCCCCCCC(C)C. The van der Waals surface area contributed by atoms with E-state index in [0.29, 0.717) is 31.6 Å². The number of ether oxygens (including phenoxy) is 4. The van der Waals surface area contributed by atoms with E-state index in [0.717, 1.165) is 114 Å². The summed E-state index contributed by atoms with van der Waals surface area (Å²) in [5.41, 5.74) is 0. The van der Waals surface area contributed by atoms with Crippen LogP contribution in [0.25, 0.3) is 0 Å². The summed E-state index contributed by atoms with van der Waals surface area (Å²) in [6, 6.07) is 0. The van der Waals surface area contributed by atoms with Crippen LogP contribution in [0.2, 0.25) is 0 Å². The number of hydrogen-bond donors (Lipinski definition) is 3. The minimum absolute atomic E-state index is 0.106. The highest BCUT2D eigenvalue weighted by Crippen LogP contribution is 2.45. The van der Waals surface area contributed by atoms with Crippen molar-refractivity contribution in [1.29, 1.82) is 0 Å². The molecule has 0 fully saturated rings. The molecule has 0 saturated carbocycles. The molecule has 0 aliphatic heterocycles. The molecule has 0 spiro atoms. The van der Waals surface area contributed by atoms with Gasteiger partial charge in [0.15, 0.2) is 12.2 Å². The highest BCUT2D eigenvalue weighted by Gasteiger charge is 2.30. The first-order chi connectivity index (χ1) is 47.6. The number of rotatable bonds is 77. The van der Waals surface area contributed by atoms with Gasteiger partial charge in [-0.1, -0.05) is 357 Å². The van der Waals surface area contributed by atoms with Crippen LogP contribution < -0.4 is 0 Å². The fraction of sp³-hybridized carbons (Fsp3) is 0.950. The molecule has 0 amide bonds. The Kier molecular flexibility index (Phi) is 67.8. The lowest BCUT2D eigenvalue weighted by atomic mass is 10.0. The lowest BCUT2D eigenvalue weighted by Gasteiger charge is -2.21. The van der Waals surface area contributed by atoms with E-state index in [9.17, 15) is 43.2 Å². The van der Waals surface area contributed by atoms with E-state index in [1.54, 1.807) is 0 Å². The van der Waals surface area contributed by atoms with Crippen LogP contribution in [0.5, 0.6) is 0 Å². The molecule has 0 aromatic heterocycles. The number of carbonyl (C=O) groups excluding carboxylic acids is 4. The van der Waals surface area contributed by atoms with E-state index >= 15 is 0 Å². The summed E-state index contributed by atoms with van der Waals surface area (Å²) in [5, 5.41) is 10.6. The minimum atomic E-state index is -4.96. The molecule has 0 bridgehead atoms. The van der Waals surface area contributed by atoms with Crippen LogP contribution in [-0.2, 0) is 65.4 Å². The topological polar surface area (TPSA) is 237 Å². The molecule has 588 valence electrons. The highest BCUT2D eigenvalue weighted by atomic mass is 31.2. The van der Waals surface area contributed by atoms with Gasteiger partial charge in [0.2, 0.25) is 0 Å². The van der Waals surface area contributed by atoms with Crippen LogP contribution >= 0.6 is 15.6 Å². The van der Waals surface area contributed by atoms with Gasteiger partial charge in [0.05, 0.1) is 26.4 Å². The number of hydrogen-bond acceptors (Lipinski definition) is 15. The summed E-state index contributed by atoms with van der Waals surface area (Å²) in [4.78, 5) is 72.9. The van der Waals surface area contributed by atoms with Crippen LogP contribution in [0.3, 0.4) is 0 Å². The average molecular weight is 1450 g/mol. The third kappa shape index (κ3) is 74.1. The molecule has 0 aliphatic rings. The van der Waals surface area contributed by atoms with Crippen molar-refractivity contribution >= 4 is 39.5 Å². The zero-order valence-corrected chi connectivity index (χ0v) is 66.9. The van der Waals surface area contributed by atoms with Crippen LogP contribution in [0, 0.1) is 23.7 Å². The predicted molar refractivity (Wildman–Crippen MR) is 404 cm³/mol.